The van der Waals surface area contributed by atoms with Crippen LogP contribution in [0.25, 0.3) is 42.2 Å². The third-order valence-electron chi connectivity index (χ3n) is 7.32. The zero-order valence-corrected chi connectivity index (χ0v) is 19.7. The number of thiophene rings is 1. The number of pyridine rings is 1. The van der Waals surface area contributed by atoms with Crippen LogP contribution in [-0.2, 0) is 6.18 Å². The van der Waals surface area contributed by atoms with Gasteiger partial charge in [0.2, 0.25) is 0 Å². The van der Waals surface area contributed by atoms with Gasteiger partial charge in [0.25, 0.3) is 0 Å². The van der Waals surface area contributed by atoms with Crippen LogP contribution in [0.15, 0.2) is 60.8 Å². The summed E-state index contributed by atoms with van der Waals surface area (Å²) >= 11 is 1.42. The zero-order chi connectivity index (χ0) is 23.4. The van der Waals surface area contributed by atoms with Gasteiger partial charge in [-0.15, -0.1) is 11.3 Å². The summed E-state index contributed by atoms with van der Waals surface area (Å²) < 4.78 is 42.3. The van der Waals surface area contributed by atoms with Crippen molar-refractivity contribution in [2.45, 2.75) is 51.1 Å². The van der Waals surface area contributed by atoms with Crippen molar-refractivity contribution >= 4 is 42.3 Å². The van der Waals surface area contributed by atoms with Gasteiger partial charge in [0.15, 0.2) is 0 Å². The molecule has 1 aliphatic rings. The number of hydrogen-bond acceptors (Lipinski definition) is 2. The molecule has 0 amide bonds. The molecule has 0 unspecified atom stereocenters. The molecule has 2 aromatic heterocycles. The maximum absolute atomic E-state index is 13.5. The lowest BCUT2D eigenvalue weighted by atomic mass is 9.81. The standard InChI is InChI=1S/C29H24F3NS/c1-17-25(29(30,31)32)12-11-22-23-13-14-33-26(28(23)34-27(17)22)20-15-19-9-5-6-10-21(19)24(16-20)18-7-3-2-4-8-18/h5-6,9-16,18H,2-4,7-8H2,1H3. The Morgan fingerprint density at radius 2 is 1.62 bits per heavy atom. The van der Waals surface area contributed by atoms with E-state index in [0.29, 0.717) is 16.2 Å². The van der Waals surface area contributed by atoms with Crippen LogP contribution in [0.5, 0.6) is 0 Å². The Balaban J connectivity index is 1.60. The Hall–Kier alpha value is -2.92. The van der Waals surface area contributed by atoms with Gasteiger partial charge in [-0.3, -0.25) is 4.98 Å². The fourth-order valence-corrected chi connectivity index (χ4v) is 6.95. The molecule has 0 bridgehead atoms. The van der Waals surface area contributed by atoms with Crippen LogP contribution in [0.1, 0.15) is 54.7 Å². The van der Waals surface area contributed by atoms with Crippen LogP contribution in [0.4, 0.5) is 13.2 Å². The molecule has 2 heterocycles. The maximum atomic E-state index is 13.5. The minimum Gasteiger partial charge on any atom is -0.255 e. The van der Waals surface area contributed by atoms with Crippen LogP contribution in [-0.4, -0.2) is 4.98 Å². The lowest BCUT2D eigenvalue weighted by Crippen LogP contribution is -2.06. The largest absolute Gasteiger partial charge is 0.416 e. The highest BCUT2D eigenvalue weighted by Crippen LogP contribution is 2.45. The normalized spacial score (nSPS) is 15.5. The summed E-state index contributed by atoms with van der Waals surface area (Å²) in [6.45, 7) is 1.57. The first kappa shape index (κ1) is 21.6. The van der Waals surface area contributed by atoms with E-state index in [1.165, 1.54) is 65.8 Å². The van der Waals surface area contributed by atoms with Gasteiger partial charge in [0.1, 0.15) is 0 Å². The Morgan fingerprint density at radius 1 is 0.853 bits per heavy atom. The zero-order valence-electron chi connectivity index (χ0n) is 18.9. The molecular weight excluding hydrogens is 451 g/mol. The first-order chi connectivity index (χ1) is 16.4. The van der Waals surface area contributed by atoms with Gasteiger partial charge in [0, 0.05) is 27.2 Å². The van der Waals surface area contributed by atoms with Crippen molar-refractivity contribution in [3.8, 4) is 11.3 Å². The molecular formula is C29H24F3NS. The second-order valence-corrected chi connectivity index (χ2v) is 10.4. The minimum absolute atomic E-state index is 0.290. The SMILES string of the molecule is Cc1c(C(F)(F)F)ccc2c1sc1c(-c3cc(C4CCCCC4)c4ccccc4c3)nccc12. The second-order valence-electron chi connectivity index (χ2n) is 9.37. The Labute approximate surface area is 200 Å². The minimum atomic E-state index is -4.36. The molecule has 0 N–H and O–H groups in total. The molecule has 1 aliphatic carbocycles. The number of rotatable bonds is 2. The van der Waals surface area contributed by atoms with Gasteiger partial charge in [-0.25, -0.2) is 0 Å². The van der Waals surface area contributed by atoms with Gasteiger partial charge in [0.05, 0.1) is 16.0 Å². The van der Waals surface area contributed by atoms with Crippen LogP contribution in [0.2, 0.25) is 0 Å². The molecule has 0 atom stereocenters. The van der Waals surface area contributed by atoms with Gasteiger partial charge in [-0.05, 0) is 71.8 Å². The summed E-state index contributed by atoms with van der Waals surface area (Å²) in [7, 11) is 0. The van der Waals surface area contributed by atoms with E-state index in [-0.39, 0.29) is 0 Å². The predicted molar refractivity (Wildman–Crippen MR) is 136 cm³/mol. The average Bonchev–Trinajstić information content (AvgIpc) is 3.23. The average molecular weight is 476 g/mol. The number of alkyl halides is 3. The van der Waals surface area contributed by atoms with Crippen molar-refractivity contribution in [1.29, 1.82) is 0 Å². The molecule has 0 saturated heterocycles. The Morgan fingerprint density at radius 3 is 2.41 bits per heavy atom. The molecule has 34 heavy (non-hydrogen) atoms. The number of hydrogen-bond donors (Lipinski definition) is 0. The van der Waals surface area contributed by atoms with E-state index in [9.17, 15) is 13.2 Å². The van der Waals surface area contributed by atoms with Crippen molar-refractivity contribution in [2.24, 2.45) is 0 Å². The molecule has 5 aromatic rings. The number of nitrogens with zero attached hydrogens (tertiary/aromatic N) is 1. The van der Waals surface area contributed by atoms with Gasteiger partial charge < -0.3 is 0 Å². The number of aryl methyl sites for hydroxylation is 1. The lowest BCUT2D eigenvalue weighted by molar-refractivity contribution is -0.137. The van der Waals surface area contributed by atoms with Crippen molar-refractivity contribution in [3.63, 3.8) is 0 Å². The topological polar surface area (TPSA) is 12.9 Å². The molecule has 0 aliphatic heterocycles. The van der Waals surface area contributed by atoms with Crippen molar-refractivity contribution in [3.05, 3.63) is 77.5 Å². The van der Waals surface area contributed by atoms with Crippen LogP contribution in [0, 0.1) is 6.92 Å². The molecule has 3 aromatic carbocycles. The van der Waals surface area contributed by atoms with E-state index >= 15 is 0 Å². The maximum Gasteiger partial charge on any atom is 0.416 e. The summed E-state index contributed by atoms with van der Waals surface area (Å²) in [6, 6.07) is 17.7. The highest BCUT2D eigenvalue weighted by molar-refractivity contribution is 7.26. The lowest BCUT2D eigenvalue weighted by Gasteiger charge is -2.24. The van der Waals surface area contributed by atoms with E-state index in [2.05, 4.69) is 36.4 Å². The van der Waals surface area contributed by atoms with Crippen LogP contribution in [0.3, 0.4) is 0 Å². The van der Waals surface area contributed by atoms with Crippen molar-refractivity contribution in [1.82, 2.24) is 4.98 Å². The molecule has 1 fully saturated rings. The fourth-order valence-electron chi connectivity index (χ4n) is 5.64. The van der Waals surface area contributed by atoms with E-state index in [1.807, 2.05) is 6.07 Å². The molecule has 6 rings (SSSR count). The Kier molecular flexibility index (Phi) is 5.14. The third-order valence-corrected chi connectivity index (χ3v) is 8.67. The number of halogens is 3. The van der Waals surface area contributed by atoms with Crippen LogP contribution < -0.4 is 0 Å². The number of fused-ring (bicyclic) bond motifs is 4. The highest BCUT2D eigenvalue weighted by atomic mass is 32.1. The third kappa shape index (κ3) is 3.49. The van der Waals surface area contributed by atoms with E-state index in [0.717, 1.165) is 26.7 Å². The van der Waals surface area contributed by atoms with Gasteiger partial charge in [-0.2, -0.15) is 13.2 Å². The summed E-state index contributed by atoms with van der Waals surface area (Å²) in [4.78, 5) is 4.75. The molecule has 5 heteroatoms. The molecule has 172 valence electrons. The van der Waals surface area contributed by atoms with Crippen LogP contribution >= 0.6 is 11.3 Å². The quantitative estimate of drug-likeness (QED) is 0.248. The smallest absolute Gasteiger partial charge is 0.255 e. The summed E-state index contributed by atoms with van der Waals surface area (Å²) in [6.07, 6.45) is 3.65. The predicted octanol–water partition coefficient (Wildman–Crippen LogP) is 9.64. The van der Waals surface area contributed by atoms with E-state index < -0.39 is 11.7 Å². The summed E-state index contributed by atoms with van der Waals surface area (Å²) in [5.41, 5.74) is 3.01. The van der Waals surface area contributed by atoms with Crippen molar-refractivity contribution in [2.75, 3.05) is 0 Å². The Bertz CT molecular complexity index is 1540. The van der Waals surface area contributed by atoms with E-state index in [1.54, 1.807) is 19.2 Å². The number of benzene rings is 3. The first-order valence-electron chi connectivity index (χ1n) is 11.8. The molecule has 1 nitrogen and oxygen atoms in total. The van der Waals surface area contributed by atoms with Crippen molar-refractivity contribution < 1.29 is 13.2 Å². The molecule has 1 saturated carbocycles. The monoisotopic (exact) mass is 475 g/mol. The first-order valence-corrected chi connectivity index (χ1v) is 12.6. The number of aromatic nitrogens is 1. The van der Waals surface area contributed by atoms with Gasteiger partial charge in [-0.1, -0.05) is 49.6 Å². The fraction of sp³-hybridized carbons (Fsp3) is 0.276. The van der Waals surface area contributed by atoms with E-state index in [4.69, 9.17) is 4.98 Å². The molecule has 0 radical (unpaired) electrons. The second kappa shape index (κ2) is 8.09. The summed E-state index contributed by atoms with van der Waals surface area (Å²) in [5, 5.41) is 4.32. The van der Waals surface area contributed by atoms with Gasteiger partial charge >= 0.3 is 6.18 Å². The summed E-state index contributed by atoms with van der Waals surface area (Å²) in [5.74, 6) is 0.539. The highest BCUT2D eigenvalue weighted by Gasteiger charge is 2.33. The molecule has 0 spiro atoms.